The molecule has 6 nitrogen and oxygen atoms in total. The van der Waals surface area contributed by atoms with Gasteiger partial charge in [0, 0.05) is 0 Å². The van der Waals surface area contributed by atoms with Gasteiger partial charge in [0.15, 0.2) is 0 Å². The predicted octanol–water partition coefficient (Wildman–Crippen LogP) is 4.49. The Morgan fingerprint density at radius 1 is 1.11 bits per heavy atom. The molecule has 3 heterocycles. The highest BCUT2D eigenvalue weighted by molar-refractivity contribution is 8.26. The van der Waals surface area contributed by atoms with E-state index in [4.69, 9.17) is 25.8 Å². The lowest BCUT2D eigenvalue weighted by Gasteiger charge is -2.11. The maximum Gasteiger partial charge on any atom is 0.379 e. The van der Waals surface area contributed by atoms with Crippen LogP contribution in [-0.2, 0) is 11.3 Å². The third-order valence-electron chi connectivity index (χ3n) is 3.88. The highest BCUT2D eigenvalue weighted by atomic mass is 32.2. The van der Waals surface area contributed by atoms with Crippen molar-refractivity contribution < 1.29 is 23.2 Å². The van der Waals surface area contributed by atoms with E-state index in [1.807, 2.05) is 0 Å². The predicted molar refractivity (Wildman–Crippen MR) is 108 cm³/mol. The summed E-state index contributed by atoms with van der Waals surface area (Å²) in [5.74, 6) is 0.435. The number of carbonyl (C=O) groups is 2. The summed E-state index contributed by atoms with van der Waals surface area (Å²) >= 11 is 6.55. The van der Waals surface area contributed by atoms with Crippen LogP contribution < -0.4 is 4.74 Å². The van der Waals surface area contributed by atoms with E-state index in [9.17, 15) is 9.59 Å². The van der Waals surface area contributed by atoms with Gasteiger partial charge in [-0.3, -0.25) is 9.69 Å². The van der Waals surface area contributed by atoms with Gasteiger partial charge in [0.05, 0.1) is 24.0 Å². The number of nitrogens with zero attached hydrogens (tertiary/aromatic N) is 1. The summed E-state index contributed by atoms with van der Waals surface area (Å²) in [5.41, 5.74) is 0.788. The van der Waals surface area contributed by atoms with Crippen molar-refractivity contribution in [1.29, 1.82) is 0 Å². The Morgan fingerprint density at radius 2 is 1.86 bits per heavy atom. The van der Waals surface area contributed by atoms with Gasteiger partial charge < -0.3 is 13.6 Å². The second-order valence-electron chi connectivity index (χ2n) is 5.78. The third-order valence-corrected chi connectivity index (χ3v) is 5.26. The molecule has 0 saturated carbocycles. The molecular formula is C20H13NO5S2. The van der Waals surface area contributed by atoms with E-state index in [-0.39, 0.29) is 11.7 Å². The lowest BCUT2D eigenvalue weighted by atomic mass is 10.2. The minimum absolute atomic E-state index is 0.129. The topological polar surface area (TPSA) is 72.9 Å². The standard InChI is InChI=1S/C20H13NO5S2/c22-18-17(28-20(27)21(18)12-15-3-1-9-24-15)11-13-5-7-14(8-6-13)26-19(23)16-4-2-10-25-16/h1-11H,12H2. The summed E-state index contributed by atoms with van der Waals surface area (Å²) < 4.78 is 16.0. The zero-order valence-corrected chi connectivity index (χ0v) is 16.0. The van der Waals surface area contributed by atoms with E-state index in [0.717, 1.165) is 5.56 Å². The molecule has 8 heteroatoms. The summed E-state index contributed by atoms with van der Waals surface area (Å²) in [6, 6.07) is 13.5. The average molecular weight is 411 g/mol. The molecular weight excluding hydrogens is 398 g/mol. The second-order valence-corrected chi connectivity index (χ2v) is 7.46. The van der Waals surface area contributed by atoms with Crippen LogP contribution in [0.3, 0.4) is 0 Å². The van der Waals surface area contributed by atoms with Crippen molar-refractivity contribution in [3.8, 4) is 5.75 Å². The molecule has 140 valence electrons. The molecule has 0 radical (unpaired) electrons. The molecule has 1 aliphatic heterocycles. The highest BCUT2D eigenvalue weighted by Gasteiger charge is 2.32. The smallest absolute Gasteiger partial charge is 0.379 e. The van der Waals surface area contributed by atoms with Gasteiger partial charge in [-0.1, -0.05) is 36.1 Å². The molecule has 0 spiro atoms. The van der Waals surface area contributed by atoms with Gasteiger partial charge >= 0.3 is 5.97 Å². The van der Waals surface area contributed by atoms with Crippen molar-refractivity contribution in [3.63, 3.8) is 0 Å². The highest BCUT2D eigenvalue weighted by Crippen LogP contribution is 2.33. The summed E-state index contributed by atoms with van der Waals surface area (Å²) in [5, 5.41) is 0. The Morgan fingerprint density at radius 3 is 2.54 bits per heavy atom. The molecule has 2 aromatic heterocycles. The molecule has 4 rings (SSSR count). The van der Waals surface area contributed by atoms with Gasteiger partial charge in [-0.25, -0.2) is 4.79 Å². The van der Waals surface area contributed by atoms with E-state index in [1.165, 1.54) is 29.0 Å². The van der Waals surface area contributed by atoms with E-state index in [0.29, 0.717) is 27.3 Å². The Bertz CT molecular complexity index is 1040. The molecule has 0 unspecified atom stereocenters. The van der Waals surface area contributed by atoms with Crippen LogP contribution in [0, 0.1) is 0 Å². The fraction of sp³-hybridized carbons (Fsp3) is 0.0500. The molecule has 0 aliphatic carbocycles. The minimum Gasteiger partial charge on any atom is -0.467 e. The molecule has 1 fully saturated rings. The van der Waals surface area contributed by atoms with Gasteiger partial charge in [0.1, 0.15) is 15.8 Å². The molecule has 0 N–H and O–H groups in total. The van der Waals surface area contributed by atoms with Crippen LogP contribution in [0.25, 0.3) is 6.08 Å². The van der Waals surface area contributed by atoms with Gasteiger partial charge in [-0.05, 0) is 48.0 Å². The number of benzene rings is 1. The van der Waals surface area contributed by atoms with E-state index < -0.39 is 5.97 Å². The van der Waals surface area contributed by atoms with Crippen LogP contribution in [0.4, 0.5) is 0 Å². The first kappa shape index (κ1) is 18.3. The summed E-state index contributed by atoms with van der Waals surface area (Å²) in [7, 11) is 0. The number of amides is 1. The van der Waals surface area contributed by atoms with Crippen molar-refractivity contribution in [1.82, 2.24) is 4.90 Å². The van der Waals surface area contributed by atoms with Gasteiger partial charge in [-0.15, -0.1) is 0 Å². The fourth-order valence-corrected chi connectivity index (χ4v) is 3.79. The molecule has 1 amide bonds. The van der Waals surface area contributed by atoms with Crippen LogP contribution in [0.1, 0.15) is 21.9 Å². The number of carbonyl (C=O) groups excluding carboxylic acids is 2. The zero-order valence-electron chi connectivity index (χ0n) is 14.4. The number of thioether (sulfide) groups is 1. The van der Waals surface area contributed by atoms with Crippen molar-refractivity contribution in [2.24, 2.45) is 0 Å². The second kappa shape index (κ2) is 7.87. The Balaban J connectivity index is 1.44. The maximum atomic E-state index is 12.6. The quantitative estimate of drug-likeness (QED) is 0.265. The Kier molecular flexibility index (Phi) is 5.14. The van der Waals surface area contributed by atoms with Gasteiger partial charge in [0.25, 0.3) is 5.91 Å². The summed E-state index contributed by atoms with van der Waals surface area (Å²) in [6.45, 7) is 0.302. The van der Waals surface area contributed by atoms with E-state index in [2.05, 4.69) is 0 Å². The number of hydrogen-bond donors (Lipinski definition) is 0. The van der Waals surface area contributed by atoms with Crippen LogP contribution in [0.2, 0.25) is 0 Å². The summed E-state index contributed by atoms with van der Waals surface area (Å²) in [6.07, 6.45) is 4.71. The molecule has 1 saturated heterocycles. The molecule has 3 aromatic rings. The van der Waals surface area contributed by atoms with E-state index in [1.54, 1.807) is 54.8 Å². The Hall–Kier alpha value is -3.10. The van der Waals surface area contributed by atoms with Crippen molar-refractivity contribution in [2.75, 3.05) is 0 Å². The van der Waals surface area contributed by atoms with Crippen molar-refractivity contribution >= 4 is 46.3 Å². The average Bonchev–Trinajstić information content (AvgIpc) is 3.44. The lowest BCUT2D eigenvalue weighted by molar-refractivity contribution is -0.122. The number of rotatable bonds is 5. The molecule has 1 aromatic carbocycles. The maximum absolute atomic E-state index is 12.6. The van der Waals surface area contributed by atoms with Crippen molar-refractivity contribution in [3.05, 3.63) is 83.0 Å². The number of esters is 1. The number of furan rings is 2. The normalized spacial score (nSPS) is 15.4. The van der Waals surface area contributed by atoms with Gasteiger partial charge in [-0.2, -0.15) is 0 Å². The minimum atomic E-state index is -0.573. The third kappa shape index (κ3) is 3.92. The van der Waals surface area contributed by atoms with Gasteiger partial charge in [0.2, 0.25) is 5.76 Å². The number of ether oxygens (including phenoxy) is 1. The molecule has 1 aliphatic rings. The van der Waals surface area contributed by atoms with Crippen LogP contribution >= 0.6 is 24.0 Å². The molecule has 0 bridgehead atoms. The monoisotopic (exact) mass is 411 g/mol. The molecule has 28 heavy (non-hydrogen) atoms. The lowest BCUT2D eigenvalue weighted by Crippen LogP contribution is -2.27. The SMILES string of the molecule is O=C(Oc1ccc(C=C2SC(=S)N(Cc3ccco3)C2=O)cc1)c1ccco1. The first-order valence-corrected chi connectivity index (χ1v) is 9.46. The zero-order chi connectivity index (χ0) is 19.5. The molecule has 0 atom stereocenters. The number of hydrogen-bond acceptors (Lipinski definition) is 7. The summed E-state index contributed by atoms with van der Waals surface area (Å²) in [4.78, 5) is 26.5. The first-order chi connectivity index (χ1) is 13.6. The van der Waals surface area contributed by atoms with Crippen LogP contribution in [0.15, 0.2) is 74.8 Å². The number of thiocarbonyl (C=S) groups is 1. The Labute approximate surface area is 169 Å². The van der Waals surface area contributed by atoms with Crippen LogP contribution in [-0.4, -0.2) is 21.1 Å². The van der Waals surface area contributed by atoms with Crippen molar-refractivity contribution in [2.45, 2.75) is 6.54 Å². The van der Waals surface area contributed by atoms with E-state index >= 15 is 0 Å². The largest absolute Gasteiger partial charge is 0.467 e. The first-order valence-electron chi connectivity index (χ1n) is 8.23. The fourth-order valence-electron chi connectivity index (χ4n) is 2.53. The van der Waals surface area contributed by atoms with Crippen LogP contribution in [0.5, 0.6) is 5.75 Å².